The molecule has 7 nitrogen and oxygen atoms in total. The van der Waals surface area contributed by atoms with Gasteiger partial charge in [-0.2, -0.15) is 5.10 Å². The molecule has 1 heterocycles. The van der Waals surface area contributed by atoms with Gasteiger partial charge in [0.2, 0.25) is 5.91 Å². The number of anilines is 1. The largest absolute Gasteiger partial charge is 0.451 e. The van der Waals surface area contributed by atoms with E-state index in [1.54, 1.807) is 6.07 Å². The molecule has 1 aliphatic heterocycles. The molecule has 0 saturated heterocycles. The standard InChI is InChI=1S/C15H17N3O4/c1-9-4-3-5-11(10(9)2)16-14(20)8-22-15(21)12-6-7-13(19)18-17-12/h3-5H,6-8H2,1-2H3,(H,16,20)(H,18,19). The number of aryl methyl sites for hydroxylation is 1. The van der Waals surface area contributed by atoms with Gasteiger partial charge in [0.05, 0.1) is 0 Å². The normalized spacial score (nSPS) is 13.9. The third kappa shape index (κ3) is 3.91. The van der Waals surface area contributed by atoms with E-state index in [9.17, 15) is 14.4 Å². The van der Waals surface area contributed by atoms with Gasteiger partial charge in [-0.3, -0.25) is 9.59 Å². The van der Waals surface area contributed by atoms with Gasteiger partial charge >= 0.3 is 5.97 Å². The van der Waals surface area contributed by atoms with Crippen molar-refractivity contribution in [2.75, 3.05) is 11.9 Å². The van der Waals surface area contributed by atoms with Crippen LogP contribution < -0.4 is 10.7 Å². The molecule has 0 atom stereocenters. The summed E-state index contributed by atoms with van der Waals surface area (Å²) in [5.41, 5.74) is 5.01. The molecule has 0 fully saturated rings. The lowest BCUT2D eigenvalue weighted by Crippen LogP contribution is -2.32. The third-order valence-electron chi connectivity index (χ3n) is 3.35. The molecule has 1 aromatic rings. The molecule has 1 aromatic carbocycles. The van der Waals surface area contributed by atoms with Gasteiger partial charge in [0.25, 0.3) is 5.91 Å². The zero-order chi connectivity index (χ0) is 16.1. The van der Waals surface area contributed by atoms with Crippen LogP contribution in [0.15, 0.2) is 23.3 Å². The fourth-order valence-corrected chi connectivity index (χ4v) is 1.91. The number of hydrogen-bond donors (Lipinski definition) is 2. The van der Waals surface area contributed by atoms with Crippen molar-refractivity contribution in [2.45, 2.75) is 26.7 Å². The predicted molar refractivity (Wildman–Crippen MR) is 80.3 cm³/mol. The third-order valence-corrected chi connectivity index (χ3v) is 3.35. The zero-order valence-corrected chi connectivity index (χ0v) is 12.4. The molecule has 2 amide bonds. The van der Waals surface area contributed by atoms with Crippen LogP contribution in [0.5, 0.6) is 0 Å². The van der Waals surface area contributed by atoms with Gasteiger partial charge in [0, 0.05) is 18.5 Å². The lowest BCUT2D eigenvalue weighted by atomic mass is 10.1. The van der Waals surface area contributed by atoms with Gasteiger partial charge in [-0.25, -0.2) is 10.2 Å². The number of carbonyl (C=O) groups is 3. The summed E-state index contributed by atoms with van der Waals surface area (Å²) in [6.07, 6.45) is 0.395. The number of benzene rings is 1. The molecule has 2 N–H and O–H groups in total. The fourth-order valence-electron chi connectivity index (χ4n) is 1.91. The SMILES string of the molecule is Cc1cccc(NC(=O)COC(=O)C2=NNC(=O)CC2)c1C. The molecular weight excluding hydrogens is 286 g/mol. The number of rotatable bonds is 4. The summed E-state index contributed by atoms with van der Waals surface area (Å²) in [5, 5.41) is 6.30. The minimum absolute atomic E-state index is 0.110. The maximum Gasteiger partial charge on any atom is 0.355 e. The highest BCUT2D eigenvalue weighted by Gasteiger charge is 2.20. The van der Waals surface area contributed by atoms with Crippen LogP contribution in [-0.4, -0.2) is 30.1 Å². The first-order chi connectivity index (χ1) is 10.5. The summed E-state index contributed by atoms with van der Waals surface area (Å²) in [7, 11) is 0. The van der Waals surface area contributed by atoms with Crippen LogP contribution in [0.25, 0.3) is 0 Å². The second-order valence-corrected chi connectivity index (χ2v) is 4.97. The van der Waals surface area contributed by atoms with Crippen molar-refractivity contribution in [1.82, 2.24) is 5.43 Å². The van der Waals surface area contributed by atoms with Crippen LogP contribution in [0.4, 0.5) is 5.69 Å². The number of hydrazone groups is 1. The quantitative estimate of drug-likeness (QED) is 0.812. The first-order valence-electron chi connectivity index (χ1n) is 6.86. The van der Waals surface area contributed by atoms with Crippen molar-refractivity contribution >= 4 is 29.2 Å². The van der Waals surface area contributed by atoms with Crippen LogP contribution in [0.2, 0.25) is 0 Å². The number of carbonyl (C=O) groups excluding carboxylic acids is 3. The van der Waals surface area contributed by atoms with E-state index in [0.717, 1.165) is 11.1 Å². The Morgan fingerprint density at radius 3 is 2.77 bits per heavy atom. The number of amides is 2. The van der Waals surface area contributed by atoms with E-state index < -0.39 is 18.5 Å². The molecule has 0 aromatic heterocycles. The Balaban J connectivity index is 1.86. The van der Waals surface area contributed by atoms with Crippen LogP contribution in [0, 0.1) is 13.8 Å². The monoisotopic (exact) mass is 303 g/mol. The summed E-state index contributed by atoms with van der Waals surface area (Å²) in [4.78, 5) is 34.4. The van der Waals surface area contributed by atoms with E-state index in [0.29, 0.717) is 5.69 Å². The minimum atomic E-state index is -0.698. The number of ether oxygens (including phenoxy) is 1. The second-order valence-electron chi connectivity index (χ2n) is 4.97. The Morgan fingerprint density at radius 2 is 2.09 bits per heavy atom. The lowest BCUT2D eigenvalue weighted by Gasteiger charge is -2.12. The van der Waals surface area contributed by atoms with E-state index in [-0.39, 0.29) is 24.5 Å². The summed E-state index contributed by atoms with van der Waals surface area (Å²) >= 11 is 0. The molecule has 0 radical (unpaired) electrons. The summed E-state index contributed by atoms with van der Waals surface area (Å²) in [5.74, 6) is -1.37. The Labute approximate surface area is 127 Å². The van der Waals surface area contributed by atoms with Crippen molar-refractivity contribution in [1.29, 1.82) is 0 Å². The van der Waals surface area contributed by atoms with Gasteiger partial charge in [-0.1, -0.05) is 12.1 Å². The maximum absolute atomic E-state index is 11.8. The second kappa shape index (κ2) is 6.84. The number of hydrogen-bond acceptors (Lipinski definition) is 5. The van der Waals surface area contributed by atoms with E-state index in [1.165, 1.54) is 0 Å². The molecule has 116 valence electrons. The van der Waals surface area contributed by atoms with E-state index in [4.69, 9.17) is 4.74 Å². The highest BCUT2D eigenvalue weighted by Crippen LogP contribution is 2.17. The maximum atomic E-state index is 11.8. The van der Waals surface area contributed by atoms with Crippen LogP contribution in [0.3, 0.4) is 0 Å². The molecule has 1 aliphatic rings. The first-order valence-corrected chi connectivity index (χ1v) is 6.86. The lowest BCUT2D eigenvalue weighted by molar-refractivity contribution is -0.140. The molecule has 0 bridgehead atoms. The zero-order valence-electron chi connectivity index (χ0n) is 12.4. The fraction of sp³-hybridized carbons (Fsp3) is 0.333. The molecule has 0 aliphatic carbocycles. The van der Waals surface area contributed by atoms with Gasteiger partial charge in [-0.15, -0.1) is 0 Å². The van der Waals surface area contributed by atoms with E-state index in [2.05, 4.69) is 15.8 Å². The molecule has 0 spiro atoms. The average Bonchev–Trinajstić information content (AvgIpc) is 2.50. The first kappa shape index (κ1) is 15.7. The van der Waals surface area contributed by atoms with E-state index in [1.807, 2.05) is 26.0 Å². The minimum Gasteiger partial charge on any atom is -0.451 e. The predicted octanol–water partition coefficient (Wildman–Crippen LogP) is 1.05. The van der Waals surface area contributed by atoms with Crippen molar-refractivity contribution in [2.24, 2.45) is 5.10 Å². The Bertz CT molecular complexity index is 652. The van der Waals surface area contributed by atoms with E-state index >= 15 is 0 Å². The summed E-state index contributed by atoms with van der Waals surface area (Å²) < 4.78 is 4.89. The summed E-state index contributed by atoms with van der Waals surface area (Å²) in [6.45, 7) is 3.44. The van der Waals surface area contributed by atoms with Crippen molar-refractivity contribution in [3.63, 3.8) is 0 Å². The van der Waals surface area contributed by atoms with Crippen molar-refractivity contribution < 1.29 is 19.1 Å². The van der Waals surface area contributed by atoms with Gasteiger partial charge < -0.3 is 10.1 Å². The molecule has 2 rings (SSSR count). The highest BCUT2D eigenvalue weighted by atomic mass is 16.5. The van der Waals surface area contributed by atoms with Crippen molar-refractivity contribution in [3.05, 3.63) is 29.3 Å². The molecule has 22 heavy (non-hydrogen) atoms. The Hall–Kier alpha value is -2.70. The molecular formula is C15H17N3O4. The smallest absolute Gasteiger partial charge is 0.355 e. The molecule has 0 unspecified atom stereocenters. The van der Waals surface area contributed by atoms with Gasteiger partial charge in [0.1, 0.15) is 5.71 Å². The van der Waals surface area contributed by atoms with Gasteiger partial charge in [0.15, 0.2) is 6.61 Å². The van der Waals surface area contributed by atoms with Crippen LogP contribution in [0.1, 0.15) is 24.0 Å². The highest BCUT2D eigenvalue weighted by molar-refractivity contribution is 6.37. The topological polar surface area (TPSA) is 96.9 Å². The summed E-state index contributed by atoms with van der Waals surface area (Å²) in [6, 6.07) is 5.56. The van der Waals surface area contributed by atoms with Crippen molar-refractivity contribution in [3.8, 4) is 0 Å². The Morgan fingerprint density at radius 1 is 1.32 bits per heavy atom. The van der Waals surface area contributed by atoms with Crippen LogP contribution in [-0.2, 0) is 19.1 Å². The van der Waals surface area contributed by atoms with Gasteiger partial charge in [-0.05, 0) is 31.0 Å². The molecule has 7 heteroatoms. The average molecular weight is 303 g/mol. The Kier molecular flexibility index (Phi) is 4.88. The molecule has 0 saturated carbocycles. The number of esters is 1. The number of nitrogens with one attached hydrogen (secondary N) is 2. The van der Waals surface area contributed by atoms with Crippen LogP contribution >= 0.6 is 0 Å². The number of nitrogens with zero attached hydrogens (tertiary/aromatic N) is 1.